The van der Waals surface area contributed by atoms with E-state index in [0.717, 1.165) is 24.2 Å². The molecule has 0 fully saturated rings. The standard InChI is InChI=1S/C25H31N3O2/c1-19-15-24-23(16-21(19)9-8-12-26)20(2)17-25(3,4)28(24)13-14-29-30-18-27-22-10-6-5-7-11-22/h5-11,15-16,20,27H,13-14,17-18H2,1-4H3. The van der Waals surface area contributed by atoms with Crippen LogP contribution in [-0.2, 0) is 9.78 Å². The Morgan fingerprint density at radius 3 is 2.73 bits per heavy atom. The predicted octanol–water partition coefficient (Wildman–Crippen LogP) is 5.64. The number of anilines is 2. The quantitative estimate of drug-likeness (QED) is 0.202. The number of fused-ring (bicyclic) bond motifs is 1. The monoisotopic (exact) mass is 405 g/mol. The second kappa shape index (κ2) is 9.80. The summed E-state index contributed by atoms with van der Waals surface area (Å²) in [6.07, 6.45) is 4.49. The zero-order valence-corrected chi connectivity index (χ0v) is 18.3. The first-order chi connectivity index (χ1) is 14.4. The molecule has 0 radical (unpaired) electrons. The summed E-state index contributed by atoms with van der Waals surface area (Å²) in [7, 11) is 0. The van der Waals surface area contributed by atoms with Crippen molar-refractivity contribution in [3.8, 4) is 6.07 Å². The lowest BCUT2D eigenvalue weighted by atomic mass is 9.79. The van der Waals surface area contributed by atoms with Gasteiger partial charge in [0.1, 0.15) is 0 Å². The summed E-state index contributed by atoms with van der Waals surface area (Å²) in [6.45, 7) is 10.4. The van der Waals surface area contributed by atoms with Crippen LogP contribution in [0.2, 0.25) is 0 Å². The molecule has 2 aromatic carbocycles. The van der Waals surface area contributed by atoms with E-state index >= 15 is 0 Å². The van der Waals surface area contributed by atoms with Crippen LogP contribution in [0, 0.1) is 18.3 Å². The Hall–Kier alpha value is -2.81. The van der Waals surface area contributed by atoms with Gasteiger partial charge in [-0.1, -0.05) is 25.1 Å². The van der Waals surface area contributed by atoms with E-state index in [9.17, 15) is 0 Å². The lowest BCUT2D eigenvalue weighted by Crippen LogP contribution is -2.49. The minimum Gasteiger partial charge on any atom is -0.364 e. The third-order valence-corrected chi connectivity index (χ3v) is 5.70. The molecule has 1 aliphatic rings. The van der Waals surface area contributed by atoms with Crippen LogP contribution in [0.1, 0.15) is 49.8 Å². The summed E-state index contributed by atoms with van der Waals surface area (Å²) < 4.78 is 0. The molecule has 5 nitrogen and oxygen atoms in total. The summed E-state index contributed by atoms with van der Waals surface area (Å²) >= 11 is 0. The molecular formula is C25H31N3O2. The summed E-state index contributed by atoms with van der Waals surface area (Å²) in [4.78, 5) is 13.2. The van der Waals surface area contributed by atoms with Crippen molar-refractivity contribution in [3.63, 3.8) is 0 Å². The highest BCUT2D eigenvalue weighted by Crippen LogP contribution is 2.44. The second-order valence-corrected chi connectivity index (χ2v) is 8.43. The van der Waals surface area contributed by atoms with Gasteiger partial charge in [0, 0.05) is 29.5 Å². The van der Waals surface area contributed by atoms with Crippen molar-refractivity contribution in [2.45, 2.75) is 45.6 Å². The Labute approximate surface area is 179 Å². The van der Waals surface area contributed by atoms with E-state index in [1.165, 1.54) is 16.8 Å². The molecule has 5 heteroatoms. The van der Waals surface area contributed by atoms with E-state index in [1.807, 2.05) is 36.4 Å². The summed E-state index contributed by atoms with van der Waals surface area (Å²) in [6, 6.07) is 16.5. The van der Waals surface area contributed by atoms with Crippen molar-refractivity contribution in [1.82, 2.24) is 0 Å². The van der Waals surface area contributed by atoms with E-state index < -0.39 is 0 Å². The van der Waals surface area contributed by atoms with Gasteiger partial charge in [-0.15, -0.1) is 0 Å². The van der Waals surface area contributed by atoms with Gasteiger partial charge in [-0.05, 0) is 80.1 Å². The van der Waals surface area contributed by atoms with Crippen molar-refractivity contribution in [3.05, 3.63) is 65.2 Å². The van der Waals surface area contributed by atoms with E-state index in [0.29, 0.717) is 19.3 Å². The van der Waals surface area contributed by atoms with Crippen LogP contribution in [0.4, 0.5) is 11.4 Å². The number of nitriles is 1. The maximum atomic E-state index is 8.87. The van der Waals surface area contributed by atoms with Gasteiger partial charge in [-0.25, -0.2) is 9.78 Å². The molecule has 1 aliphatic heterocycles. The van der Waals surface area contributed by atoms with E-state index in [-0.39, 0.29) is 5.54 Å². The number of nitrogens with zero attached hydrogens (tertiary/aromatic N) is 2. The van der Waals surface area contributed by atoms with Crippen molar-refractivity contribution in [2.24, 2.45) is 0 Å². The third-order valence-electron chi connectivity index (χ3n) is 5.70. The Morgan fingerprint density at radius 1 is 1.23 bits per heavy atom. The first-order valence-electron chi connectivity index (χ1n) is 10.4. The molecule has 0 amide bonds. The minimum absolute atomic E-state index is 0.0223. The van der Waals surface area contributed by atoms with Crippen molar-refractivity contribution in [1.29, 1.82) is 5.26 Å². The maximum Gasteiger partial charge on any atom is 0.152 e. The molecule has 1 N–H and O–H groups in total. The van der Waals surface area contributed by atoms with Crippen LogP contribution in [0.15, 0.2) is 48.5 Å². The molecule has 2 aromatic rings. The van der Waals surface area contributed by atoms with E-state index in [4.69, 9.17) is 15.0 Å². The number of nitrogens with one attached hydrogen (secondary N) is 1. The largest absolute Gasteiger partial charge is 0.364 e. The average molecular weight is 406 g/mol. The Bertz CT molecular complexity index is 916. The van der Waals surface area contributed by atoms with Crippen LogP contribution < -0.4 is 10.2 Å². The Kier molecular flexibility index (Phi) is 7.15. The fourth-order valence-corrected chi connectivity index (χ4v) is 4.28. The minimum atomic E-state index is 0.0223. The van der Waals surface area contributed by atoms with Gasteiger partial charge in [0.25, 0.3) is 0 Å². The second-order valence-electron chi connectivity index (χ2n) is 8.43. The van der Waals surface area contributed by atoms with Crippen LogP contribution in [0.25, 0.3) is 6.08 Å². The van der Waals surface area contributed by atoms with Crippen molar-refractivity contribution < 1.29 is 9.78 Å². The number of aryl methyl sites for hydroxylation is 1. The van der Waals surface area contributed by atoms with Gasteiger partial charge < -0.3 is 10.2 Å². The lowest BCUT2D eigenvalue weighted by molar-refractivity contribution is -0.287. The third kappa shape index (κ3) is 5.21. The zero-order chi connectivity index (χ0) is 21.6. The molecule has 1 unspecified atom stereocenters. The topological polar surface area (TPSA) is 57.5 Å². The normalized spacial score (nSPS) is 17.6. The number of hydrogen-bond donors (Lipinski definition) is 1. The molecule has 0 aromatic heterocycles. The highest BCUT2D eigenvalue weighted by molar-refractivity contribution is 5.68. The van der Waals surface area contributed by atoms with Crippen LogP contribution in [-0.4, -0.2) is 25.4 Å². The molecule has 0 saturated heterocycles. The Balaban J connectivity index is 1.64. The van der Waals surface area contributed by atoms with E-state index in [1.54, 1.807) is 6.08 Å². The van der Waals surface area contributed by atoms with Crippen molar-refractivity contribution in [2.75, 3.05) is 30.1 Å². The summed E-state index contributed by atoms with van der Waals surface area (Å²) in [5, 5.41) is 12.0. The average Bonchev–Trinajstić information content (AvgIpc) is 2.71. The lowest BCUT2D eigenvalue weighted by Gasteiger charge is -2.47. The number of allylic oxidation sites excluding steroid dienone is 1. The maximum absolute atomic E-state index is 8.87. The molecule has 3 rings (SSSR count). The molecule has 0 aliphatic carbocycles. The SMILES string of the molecule is Cc1cc2c(cc1C=CC#N)C(C)CC(C)(C)N2CCOOCNc1ccccc1. The summed E-state index contributed by atoms with van der Waals surface area (Å²) in [5.41, 5.74) is 5.86. The molecule has 158 valence electrons. The van der Waals surface area contributed by atoms with Crippen molar-refractivity contribution >= 4 is 17.5 Å². The van der Waals surface area contributed by atoms with Crippen LogP contribution in [0.3, 0.4) is 0 Å². The van der Waals surface area contributed by atoms with Crippen LogP contribution >= 0.6 is 0 Å². The Morgan fingerprint density at radius 2 is 2.00 bits per heavy atom. The smallest absolute Gasteiger partial charge is 0.152 e. The van der Waals surface area contributed by atoms with Gasteiger partial charge in [0.15, 0.2) is 6.73 Å². The highest BCUT2D eigenvalue weighted by Gasteiger charge is 2.36. The molecule has 0 spiro atoms. The fourth-order valence-electron chi connectivity index (χ4n) is 4.28. The molecule has 30 heavy (non-hydrogen) atoms. The van der Waals surface area contributed by atoms with Gasteiger partial charge in [0.05, 0.1) is 12.7 Å². The number of benzene rings is 2. The zero-order valence-electron chi connectivity index (χ0n) is 18.3. The first kappa shape index (κ1) is 21.9. The fraction of sp³-hybridized carbons (Fsp3) is 0.400. The van der Waals surface area contributed by atoms with Gasteiger partial charge in [0.2, 0.25) is 0 Å². The number of rotatable bonds is 8. The molecule has 0 bridgehead atoms. The van der Waals surface area contributed by atoms with Crippen LogP contribution in [0.5, 0.6) is 0 Å². The molecular weight excluding hydrogens is 374 g/mol. The number of para-hydroxylation sites is 1. The molecule has 1 heterocycles. The molecule has 0 saturated carbocycles. The summed E-state index contributed by atoms with van der Waals surface area (Å²) in [5.74, 6) is 0.452. The van der Waals surface area contributed by atoms with Gasteiger partial charge >= 0.3 is 0 Å². The van der Waals surface area contributed by atoms with Gasteiger partial charge in [-0.2, -0.15) is 5.26 Å². The highest BCUT2D eigenvalue weighted by atomic mass is 17.2. The molecule has 1 atom stereocenters. The predicted molar refractivity (Wildman–Crippen MR) is 122 cm³/mol. The first-order valence-corrected chi connectivity index (χ1v) is 10.4. The number of hydrogen-bond acceptors (Lipinski definition) is 5. The van der Waals surface area contributed by atoms with Gasteiger partial charge in [-0.3, -0.25) is 0 Å². The van der Waals surface area contributed by atoms with E-state index in [2.05, 4.69) is 56.1 Å².